The Labute approximate surface area is 479 Å². The minimum atomic E-state index is -4.75. The van der Waals surface area contributed by atoms with E-state index in [1.54, 1.807) is 0 Å². The van der Waals surface area contributed by atoms with Gasteiger partial charge in [-0.2, -0.15) is 0 Å². The van der Waals surface area contributed by atoms with Crippen LogP contribution < -0.4 is 0 Å². The Balaban J connectivity index is 4.68. The minimum Gasteiger partial charge on any atom is -0.462 e. The number of aliphatic hydroxyl groups is 1. The van der Waals surface area contributed by atoms with E-state index in [1.807, 2.05) is 0 Å². The quantitative estimate of drug-likeness (QED) is 0.0197. The second-order valence-electron chi connectivity index (χ2n) is 21.9. The summed E-state index contributed by atoms with van der Waals surface area (Å²) < 4.78 is 39.7. The molecule has 3 atom stereocenters. The number of hydrogen-bond donors (Lipinski definition) is 2. The van der Waals surface area contributed by atoms with Crippen molar-refractivity contribution in [3.8, 4) is 0 Å². The second-order valence-corrected chi connectivity index (χ2v) is 23.4. The standard InChI is InChI=1S/C66H121O11P/c1-4-7-10-13-16-19-22-25-27-29-31-33-35-38-40-43-46-49-52-55-64(68)73-59-63(77-66(70)57-54-51-48-45-42-39-36-34-32-30-28-26-23-20-17-14-11-8-5-2)61-75-78(71,72)74-60-62(58-67)76-65(69)56-53-50-47-44-41-37-24-21-18-15-12-9-6-3/h12,15,17,20-21,24,26,28,62-63,67H,4-11,13-14,16,18-19,22-23,25,27,29-61H2,1-3H3,(H,71,72)/b15-12-,20-17-,24-21-,28-26-. The van der Waals surface area contributed by atoms with Gasteiger partial charge in [0.2, 0.25) is 0 Å². The summed E-state index contributed by atoms with van der Waals surface area (Å²) in [6.45, 7) is 4.60. The molecule has 0 amide bonds. The lowest BCUT2D eigenvalue weighted by Crippen LogP contribution is -2.30. The number of esters is 3. The van der Waals surface area contributed by atoms with E-state index < -0.39 is 57.8 Å². The Bertz CT molecular complexity index is 1490. The van der Waals surface area contributed by atoms with Crippen LogP contribution in [0.1, 0.15) is 316 Å². The van der Waals surface area contributed by atoms with Crippen molar-refractivity contribution >= 4 is 25.7 Å². The molecule has 0 aromatic heterocycles. The smallest absolute Gasteiger partial charge is 0.462 e. The molecule has 0 saturated heterocycles. The maximum absolute atomic E-state index is 13.0. The van der Waals surface area contributed by atoms with Crippen molar-refractivity contribution in [3.63, 3.8) is 0 Å². The maximum atomic E-state index is 13.0. The van der Waals surface area contributed by atoms with E-state index in [2.05, 4.69) is 69.4 Å². The molecule has 0 spiro atoms. The fourth-order valence-corrected chi connectivity index (χ4v) is 10.0. The molecule has 3 unspecified atom stereocenters. The molecular weight excluding hydrogens is 1000 g/mol. The molecule has 2 N–H and O–H groups in total. The Hall–Kier alpha value is -2.56. The zero-order valence-electron chi connectivity index (χ0n) is 50.6. The van der Waals surface area contributed by atoms with Crippen molar-refractivity contribution in [1.29, 1.82) is 0 Å². The predicted molar refractivity (Wildman–Crippen MR) is 325 cm³/mol. The molecule has 456 valence electrons. The molecule has 0 aliphatic heterocycles. The van der Waals surface area contributed by atoms with Gasteiger partial charge in [0.05, 0.1) is 19.8 Å². The number of carbonyl (C=O) groups excluding carboxylic acids is 3. The number of unbranched alkanes of at least 4 members (excludes halogenated alkanes) is 36. The predicted octanol–water partition coefficient (Wildman–Crippen LogP) is 19.7. The zero-order valence-corrected chi connectivity index (χ0v) is 51.5. The summed E-state index contributed by atoms with van der Waals surface area (Å²) in [6.07, 6.45) is 66.3. The third-order valence-electron chi connectivity index (χ3n) is 14.2. The minimum absolute atomic E-state index is 0.162. The number of carbonyl (C=O) groups is 3. The first-order chi connectivity index (χ1) is 38.2. The lowest BCUT2D eigenvalue weighted by molar-refractivity contribution is -0.161. The van der Waals surface area contributed by atoms with E-state index in [0.717, 1.165) is 96.3 Å². The molecule has 0 aliphatic carbocycles. The maximum Gasteiger partial charge on any atom is 0.472 e. The average Bonchev–Trinajstić information content (AvgIpc) is 3.43. The molecule has 0 rings (SSSR count). The van der Waals surface area contributed by atoms with Crippen LogP contribution in [-0.2, 0) is 42.2 Å². The largest absolute Gasteiger partial charge is 0.472 e. The van der Waals surface area contributed by atoms with Crippen LogP contribution in [-0.4, -0.2) is 66.5 Å². The van der Waals surface area contributed by atoms with Gasteiger partial charge in [0.1, 0.15) is 12.7 Å². The van der Waals surface area contributed by atoms with E-state index in [4.69, 9.17) is 23.3 Å². The fourth-order valence-electron chi connectivity index (χ4n) is 9.25. The van der Waals surface area contributed by atoms with Gasteiger partial charge in [-0.05, 0) is 77.0 Å². The van der Waals surface area contributed by atoms with Crippen LogP contribution in [0.2, 0.25) is 0 Å². The van der Waals surface area contributed by atoms with Crippen LogP contribution in [0.5, 0.6) is 0 Å². The average molecular weight is 1120 g/mol. The van der Waals surface area contributed by atoms with Crippen molar-refractivity contribution in [1.82, 2.24) is 0 Å². The van der Waals surface area contributed by atoms with E-state index in [-0.39, 0.29) is 25.9 Å². The highest BCUT2D eigenvalue weighted by Crippen LogP contribution is 2.43. The SMILES string of the molecule is CCC/C=C\C/C=C\CCCCCCCC(=O)OC(CO)COP(=O)(O)OCC(COC(=O)CCCCCCCCCCCCCCCCCCCCC)OC(=O)CCCCCCCCCCC/C=C\C/C=C\CCCCC. The van der Waals surface area contributed by atoms with Gasteiger partial charge in [-0.1, -0.05) is 268 Å². The van der Waals surface area contributed by atoms with Crippen LogP contribution in [0, 0.1) is 0 Å². The molecule has 12 heteroatoms. The van der Waals surface area contributed by atoms with Crippen molar-refractivity contribution in [3.05, 3.63) is 48.6 Å². The molecule has 0 aromatic rings. The summed E-state index contributed by atoms with van der Waals surface area (Å²) >= 11 is 0. The molecule has 0 aromatic carbocycles. The highest BCUT2D eigenvalue weighted by Gasteiger charge is 2.28. The van der Waals surface area contributed by atoms with Crippen LogP contribution in [0.25, 0.3) is 0 Å². The summed E-state index contributed by atoms with van der Waals surface area (Å²) in [5, 5.41) is 9.83. The van der Waals surface area contributed by atoms with E-state index >= 15 is 0 Å². The van der Waals surface area contributed by atoms with Gasteiger partial charge in [-0.15, -0.1) is 0 Å². The number of phosphoric acid groups is 1. The number of allylic oxidation sites excluding steroid dienone is 8. The van der Waals surface area contributed by atoms with E-state index in [1.165, 1.54) is 161 Å². The van der Waals surface area contributed by atoms with Gasteiger partial charge >= 0.3 is 25.7 Å². The summed E-state index contributed by atoms with van der Waals surface area (Å²) in [5.74, 6) is -1.46. The molecular formula is C66H121O11P. The lowest BCUT2D eigenvalue weighted by atomic mass is 10.0. The highest BCUT2D eigenvalue weighted by molar-refractivity contribution is 7.47. The number of phosphoric ester groups is 1. The molecule has 11 nitrogen and oxygen atoms in total. The second kappa shape index (κ2) is 60.5. The lowest BCUT2D eigenvalue weighted by Gasteiger charge is -2.21. The molecule has 0 fully saturated rings. The number of ether oxygens (including phenoxy) is 3. The first-order valence-corrected chi connectivity index (χ1v) is 34.0. The van der Waals surface area contributed by atoms with Crippen LogP contribution >= 0.6 is 7.82 Å². The van der Waals surface area contributed by atoms with Gasteiger partial charge in [0, 0.05) is 19.3 Å². The first kappa shape index (κ1) is 75.4. The molecule has 0 saturated carbocycles. The number of aliphatic hydroxyl groups excluding tert-OH is 1. The zero-order chi connectivity index (χ0) is 56.9. The molecule has 0 heterocycles. The Morgan fingerprint density at radius 3 is 1.03 bits per heavy atom. The third kappa shape index (κ3) is 58.1. The molecule has 78 heavy (non-hydrogen) atoms. The number of hydrogen-bond acceptors (Lipinski definition) is 10. The van der Waals surface area contributed by atoms with Crippen molar-refractivity contribution < 1.29 is 52.2 Å². The van der Waals surface area contributed by atoms with Crippen LogP contribution in [0.4, 0.5) is 0 Å². The van der Waals surface area contributed by atoms with Gasteiger partial charge < -0.3 is 24.2 Å². The Morgan fingerprint density at radius 1 is 0.359 bits per heavy atom. The van der Waals surface area contributed by atoms with Crippen LogP contribution in [0.15, 0.2) is 48.6 Å². The van der Waals surface area contributed by atoms with E-state index in [0.29, 0.717) is 19.3 Å². The third-order valence-corrected chi connectivity index (χ3v) is 15.2. The number of rotatable bonds is 61. The summed E-state index contributed by atoms with van der Waals surface area (Å²) in [4.78, 5) is 48.7. The monoisotopic (exact) mass is 1120 g/mol. The van der Waals surface area contributed by atoms with Gasteiger partial charge in [-0.25, -0.2) is 4.57 Å². The van der Waals surface area contributed by atoms with E-state index in [9.17, 15) is 28.9 Å². The normalized spacial score (nSPS) is 13.6. The van der Waals surface area contributed by atoms with Gasteiger partial charge in [-0.3, -0.25) is 23.4 Å². The Kier molecular flexibility index (Phi) is 58.5. The Morgan fingerprint density at radius 2 is 0.654 bits per heavy atom. The molecule has 0 bridgehead atoms. The summed E-state index contributed by atoms with van der Waals surface area (Å²) in [7, 11) is -4.75. The first-order valence-electron chi connectivity index (χ1n) is 32.5. The van der Waals surface area contributed by atoms with Gasteiger partial charge in [0.15, 0.2) is 6.10 Å². The fraction of sp³-hybridized carbons (Fsp3) is 0.833. The van der Waals surface area contributed by atoms with Crippen molar-refractivity contribution in [2.75, 3.05) is 26.4 Å². The van der Waals surface area contributed by atoms with Crippen molar-refractivity contribution in [2.24, 2.45) is 0 Å². The molecule has 0 aliphatic rings. The summed E-state index contributed by atoms with van der Waals surface area (Å²) in [6, 6.07) is 0. The van der Waals surface area contributed by atoms with Gasteiger partial charge in [0.25, 0.3) is 0 Å². The molecule has 0 radical (unpaired) electrons. The van der Waals surface area contributed by atoms with Crippen LogP contribution in [0.3, 0.4) is 0 Å². The van der Waals surface area contributed by atoms with Crippen molar-refractivity contribution in [2.45, 2.75) is 328 Å². The summed E-state index contributed by atoms with van der Waals surface area (Å²) in [5.41, 5.74) is 0. The highest BCUT2D eigenvalue weighted by atomic mass is 31.2. The topological polar surface area (TPSA) is 155 Å².